The maximum Gasteiger partial charge on any atom is 0 e. The number of hydrogen-bond donors (Lipinski definition) is 1. The van der Waals surface area contributed by atoms with Crippen LogP contribution in [0.2, 0.25) is 0 Å². The van der Waals surface area contributed by atoms with Crippen LogP contribution < -0.4 is 5.73 Å². The Balaban J connectivity index is -0.0000000901. The zero-order valence-electron chi connectivity index (χ0n) is 13.0. The molecule has 1 nitrogen and oxygen atoms in total. The molecule has 1 aromatic carbocycles. The molecule has 1 rings (SSSR count). The Kier molecular flexibility index (Phi) is 42.9. The summed E-state index contributed by atoms with van der Waals surface area (Å²) < 4.78 is 0. The Bertz CT molecular complexity index is 289. The van der Waals surface area contributed by atoms with Crippen LogP contribution in [0.3, 0.4) is 0 Å². The van der Waals surface area contributed by atoms with Gasteiger partial charge in [0.05, 0.1) is 0 Å². The molecule has 0 aliphatic heterocycles. The van der Waals surface area contributed by atoms with Gasteiger partial charge in [-0.1, -0.05) is 40.3 Å². The first-order chi connectivity index (χ1) is 8.81. The molecule has 0 unspecified atom stereocenters. The number of allylic oxidation sites excluding steroid dienone is 5. The van der Waals surface area contributed by atoms with Gasteiger partial charge in [0.25, 0.3) is 0 Å². The molecular weight excluding hydrogens is 307 g/mol. The molecule has 2 N–H and O–H groups in total. The minimum Gasteiger partial charge on any atom is -0.449 e. The van der Waals surface area contributed by atoms with Gasteiger partial charge in [0.2, 0.25) is 0 Å². The van der Waals surface area contributed by atoms with Gasteiger partial charge in [-0.15, -0.1) is 6.08 Å². The molecule has 1 aromatic rings. The summed E-state index contributed by atoms with van der Waals surface area (Å²) in [4.78, 5) is 0. The Morgan fingerprint density at radius 2 is 1.84 bits per heavy atom. The van der Waals surface area contributed by atoms with Crippen LogP contribution in [0.15, 0.2) is 55.1 Å². The van der Waals surface area contributed by atoms with Gasteiger partial charge in [0.15, 0.2) is 0 Å². The van der Waals surface area contributed by atoms with Crippen molar-refractivity contribution in [2.75, 3.05) is 5.73 Å². The topological polar surface area (TPSA) is 26.0 Å². The first kappa shape index (κ1) is 26.8. The maximum atomic E-state index is 5.33. The molecular formula is C17H27NY-2. The van der Waals surface area contributed by atoms with Crippen LogP contribution in [0.4, 0.5) is 5.69 Å². The molecule has 0 aliphatic carbocycles. The Hall–Kier alpha value is -0.656. The molecule has 19 heavy (non-hydrogen) atoms. The van der Waals surface area contributed by atoms with Crippen molar-refractivity contribution in [3.63, 3.8) is 0 Å². The maximum absolute atomic E-state index is 5.33. The quantitative estimate of drug-likeness (QED) is 0.447. The van der Waals surface area contributed by atoms with E-state index in [0.29, 0.717) is 0 Å². The van der Waals surface area contributed by atoms with Gasteiger partial charge in [-0.3, -0.25) is 0 Å². The van der Waals surface area contributed by atoms with Gasteiger partial charge >= 0.3 is 0 Å². The van der Waals surface area contributed by atoms with Crippen molar-refractivity contribution in [2.24, 2.45) is 0 Å². The van der Waals surface area contributed by atoms with Crippen LogP contribution in [0.25, 0.3) is 0 Å². The van der Waals surface area contributed by atoms with Crippen molar-refractivity contribution >= 4 is 5.69 Å². The fourth-order valence-electron chi connectivity index (χ4n) is 0.627. The smallest absolute Gasteiger partial charge is 0 e. The summed E-state index contributed by atoms with van der Waals surface area (Å²) in [6, 6.07) is 10.1. The van der Waals surface area contributed by atoms with E-state index >= 15 is 0 Å². The summed E-state index contributed by atoms with van der Waals surface area (Å²) in [5.41, 5.74) is 6.09. The molecule has 0 fully saturated rings. The first-order valence-electron chi connectivity index (χ1n) is 6.34. The van der Waals surface area contributed by atoms with Crippen molar-refractivity contribution in [3.8, 4) is 0 Å². The number of nitrogen functional groups attached to an aromatic ring is 1. The van der Waals surface area contributed by atoms with Crippen LogP contribution in [-0.2, 0) is 32.7 Å². The predicted octanol–water partition coefficient (Wildman–Crippen LogP) is 5.23. The van der Waals surface area contributed by atoms with E-state index in [1.807, 2.05) is 71.0 Å². The van der Waals surface area contributed by atoms with Crippen molar-refractivity contribution in [1.29, 1.82) is 0 Å². The SMILES string of the molecule is C=C[C-]=C/C=C\C.CC.CC.Nc1c[c-]ccc1.[Y]. The molecule has 0 atom stereocenters. The zero-order valence-corrected chi connectivity index (χ0v) is 15.8. The second-order valence-corrected chi connectivity index (χ2v) is 2.40. The second-order valence-electron chi connectivity index (χ2n) is 2.40. The van der Waals surface area contributed by atoms with Crippen LogP contribution >= 0.6 is 0 Å². The summed E-state index contributed by atoms with van der Waals surface area (Å²) >= 11 is 0. The van der Waals surface area contributed by atoms with E-state index in [2.05, 4.69) is 18.7 Å². The predicted molar refractivity (Wildman–Crippen MR) is 85.2 cm³/mol. The van der Waals surface area contributed by atoms with Gasteiger partial charge < -0.3 is 5.73 Å². The number of rotatable bonds is 2. The summed E-state index contributed by atoms with van der Waals surface area (Å²) in [6.45, 7) is 13.4. The van der Waals surface area contributed by atoms with Crippen molar-refractivity contribution < 1.29 is 32.7 Å². The molecule has 2 heteroatoms. The van der Waals surface area contributed by atoms with Gasteiger partial charge in [0, 0.05) is 32.7 Å². The van der Waals surface area contributed by atoms with E-state index in [0.717, 1.165) is 5.69 Å². The Morgan fingerprint density at radius 1 is 1.26 bits per heavy atom. The molecule has 0 aliphatic rings. The normalized spacial score (nSPS) is 7.84. The summed E-state index contributed by atoms with van der Waals surface area (Å²) in [5, 5.41) is 0. The summed E-state index contributed by atoms with van der Waals surface area (Å²) in [5.74, 6) is 0. The largest absolute Gasteiger partial charge is 0.449 e. The van der Waals surface area contributed by atoms with E-state index in [1.54, 1.807) is 12.1 Å². The number of anilines is 1. The van der Waals surface area contributed by atoms with Gasteiger partial charge in [-0.25, -0.2) is 0 Å². The molecule has 0 bridgehead atoms. The van der Waals surface area contributed by atoms with E-state index < -0.39 is 0 Å². The molecule has 105 valence electrons. The van der Waals surface area contributed by atoms with E-state index in [-0.39, 0.29) is 32.7 Å². The summed E-state index contributed by atoms with van der Waals surface area (Å²) in [6.07, 6.45) is 10.1. The average molecular weight is 334 g/mol. The standard InChI is InChI=1S/C7H9.C6H6N.2C2H6.Y/c1-3-5-7-6-4-2;7-6-4-2-1-3-5-6;2*1-2;/h3-4,6-7H,1H2,2H3;1-2,4-5H,7H2;2*1-2H3;/q2*-1;;;/b6-4-;;;;. The number of hydrogen-bond acceptors (Lipinski definition) is 1. The molecule has 0 saturated heterocycles. The van der Waals surface area contributed by atoms with Crippen LogP contribution in [0.5, 0.6) is 0 Å². The third-order valence-electron chi connectivity index (χ3n) is 1.23. The van der Waals surface area contributed by atoms with E-state index in [1.165, 1.54) is 0 Å². The average Bonchev–Trinajstić information content (AvgIpc) is 2.45. The first-order valence-corrected chi connectivity index (χ1v) is 6.34. The minimum atomic E-state index is 0. The van der Waals surface area contributed by atoms with Gasteiger partial charge in [-0.05, 0) is 0 Å². The molecule has 0 heterocycles. The molecule has 0 amide bonds. The van der Waals surface area contributed by atoms with Crippen LogP contribution in [-0.4, -0.2) is 0 Å². The molecule has 0 spiro atoms. The third-order valence-corrected chi connectivity index (χ3v) is 1.23. The fraction of sp³-hybridized carbons (Fsp3) is 0.294. The summed E-state index contributed by atoms with van der Waals surface area (Å²) in [7, 11) is 0. The van der Waals surface area contributed by atoms with Crippen LogP contribution in [0, 0.1) is 12.1 Å². The Morgan fingerprint density at radius 3 is 2.11 bits per heavy atom. The van der Waals surface area contributed by atoms with Crippen LogP contribution in [0.1, 0.15) is 34.6 Å². The van der Waals surface area contributed by atoms with Gasteiger partial charge in [-0.2, -0.15) is 61.2 Å². The van der Waals surface area contributed by atoms with E-state index in [9.17, 15) is 0 Å². The number of nitrogens with two attached hydrogens (primary N) is 1. The molecule has 0 saturated carbocycles. The third kappa shape index (κ3) is 31.7. The van der Waals surface area contributed by atoms with E-state index in [4.69, 9.17) is 5.73 Å². The van der Waals surface area contributed by atoms with Crippen molar-refractivity contribution in [2.45, 2.75) is 34.6 Å². The van der Waals surface area contributed by atoms with Crippen molar-refractivity contribution in [3.05, 3.63) is 67.3 Å². The second kappa shape index (κ2) is 30.4. The molecule has 1 radical (unpaired) electrons. The Labute approximate surface area is 145 Å². The van der Waals surface area contributed by atoms with Crippen molar-refractivity contribution in [1.82, 2.24) is 0 Å². The zero-order chi connectivity index (χ0) is 14.6. The van der Waals surface area contributed by atoms with Gasteiger partial charge in [0.1, 0.15) is 0 Å². The minimum absolute atomic E-state index is 0. The monoisotopic (exact) mass is 334 g/mol. The molecule has 0 aromatic heterocycles. The number of benzene rings is 1. The fourth-order valence-corrected chi connectivity index (χ4v) is 0.627.